The van der Waals surface area contributed by atoms with Crippen LogP contribution >= 0.6 is 0 Å². The first kappa shape index (κ1) is 26.7. The minimum absolute atomic E-state index is 0.00995. The second-order valence-corrected chi connectivity index (χ2v) is 8.79. The van der Waals surface area contributed by atoms with E-state index in [4.69, 9.17) is 9.47 Å². The normalized spacial score (nSPS) is 12.2. The van der Waals surface area contributed by atoms with Crippen LogP contribution < -0.4 is 26.1 Å². The van der Waals surface area contributed by atoms with E-state index in [2.05, 4.69) is 27.4 Å². The number of rotatable bonds is 12. The minimum atomic E-state index is -0.977. The minimum Gasteiger partial charge on any atom is -0.494 e. The van der Waals surface area contributed by atoms with Crippen molar-refractivity contribution in [3.05, 3.63) is 80.5 Å². The summed E-state index contributed by atoms with van der Waals surface area (Å²) >= 11 is 0. The first-order valence-corrected chi connectivity index (χ1v) is 12.5. The number of ether oxygens (including phenoxy) is 2. The Bertz CT molecular complexity index is 1500. The van der Waals surface area contributed by atoms with Crippen molar-refractivity contribution in [1.29, 1.82) is 0 Å². The maximum atomic E-state index is 12.7. The predicted molar refractivity (Wildman–Crippen MR) is 146 cm³/mol. The van der Waals surface area contributed by atoms with E-state index in [-0.39, 0.29) is 30.3 Å². The summed E-state index contributed by atoms with van der Waals surface area (Å²) in [4.78, 5) is 31.5. The molecule has 0 aliphatic rings. The molecular formula is C27H32N6O5. The van der Waals surface area contributed by atoms with E-state index in [1.54, 1.807) is 6.21 Å². The predicted octanol–water partition coefficient (Wildman–Crippen LogP) is 2.66. The molecule has 2 aromatic carbocycles. The van der Waals surface area contributed by atoms with Gasteiger partial charge in [-0.2, -0.15) is 10.1 Å². The van der Waals surface area contributed by atoms with Crippen molar-refractivity contribution in [3.63, 3.8) is 0 Å². The summed E-state index contributed by atoms with van der Waals surface area (Å²) in [6.45, 7) is 4.73. The highest BCUT2D eigenvalue weighted by atomic mass is 16.5. The molecule has 11 nitrogen and oxygen atoms in total. The Morgan fingerprint density at radius 2 is 1.76 bits per heavy atom. The van der Waals surface area contributed by atoms with Crippen LogP contribution in [0.5, 0.6) is 11.5 Å². The second kappa shape index (κ2) is 12.2. The zero-order valence-electron chi connectivity index (χ0n) is 21.7. The zero-order chi connectivity index (χ0) is 27.1. The number of aryl methyl sites for hydroxylation is 2. The van der Waals surface area contributed by atoms with Crippen molar-refractivity contribution >= 4 is 23.3 Å². The Labute approximate surface area is 219 Å². The number of anilines is 1. The standard InChI is InChI=1S/C27H32N6O5/c1-4-14-37-21-12-8-19(9-13-21)15-28-31-26-29-24-23(25(35)30-27(36)32(24)3)33(26)16-20(34)17-38-22-10-6-18(5-2)7-11-22/h6-13,15,20,34H,4-5,14,16-17H2,1-3H3,(H,29,31)(H,30,35,36). The molecule has 2 heterocycles. The van der Waals surface area contributed by atoms with Gasteiger partial charge in [0.2, 0.25) is 5.95 Å². The fraction of sp³-hybridized carbons (Fsp3) is 0.333. The average molecular weight is 521 g/mol. The van der Waals surface area contributed by atoms with Gasteiger partial charge in [0.1, 0.15) is 24.2 Å². The van der Waals surface area contributed by atoms with E-state index in [0.29, 0.717) is 12.4 Å². The lowest BCUT2D eigenvalue weighted by molar-refractivity contribution is 0.0938. The first-order chi connectivity index (χ1) is 18.4. The number of nitrogens with one attached hydrogen (secondary N) is 2. The number of imidazole rings is 1. The molecule has 0 fully saturated rings. The summed E-state index contributed by atoms with van der Waals surface area (Å²) in [5.41, 5.74) is 3.93. The van der Waals surface area contributed by atoms with Crippen molar-refractivity contribution in [2.24, 2.45) is 12.1 Å². The lowest BCUT2D eigenvalue weighted by Crippen LogP contribution is -2.30. The van der Waals surface area contributed by atoms with Gasteiger partial charge in [-0.1, -0.05) is 26.0 Å². The highest BCUT2D eigenvalue weighted by Crippen LogP contribution is 2.18. The van der Waals surface area contributed by atoms with Crippen LogP contribution in [0, 0.1) is 0 Å². The molecule has 0 amide bonds. The molecule has 1 atom stereocenters. The molecule has 0 radical (unpaired) electrons. The zero-order valence-corrected chi connectivity index (χ0v) is 21.7. The fourth-order valence-corrected chi connectivity index (χ4v) is 3.81. The lowest BCUT2D eigenvalue weighted by atomic mass is 10.2. The first-order valence-electron chi connectivity index (χ1n) is 12.5. The van der Waals surface area contributed by atoms with Gasteiger partial charge in [-0.3, -0.25) is 14.3 Å². The van der Waals surface area contributed by atoms with Gasteiger partial charge < -0.3 is 19.1 Å². The third kappa shape index (κ3) is 6.30. The van der Waals surface area contributed by atoms with Crippen LogP contribution in [0.2, 0.25) is 0 Å². The Balaban J connectivity index is 1.54. The maximum absolute atomic E-state index is 12.7. The molecule has 0 aliphatic carbocycles. The molecule has 0 saturated carbocycles. The van der Waals surface area contributed by atoms with Crippen molar-refractivity contribution in [3.8, 4) is 11.5 Å². The number of hydrazone groups is 1. The van der Waals surface area contributed by atoms with E-state index < -0.39 is 17.4 Å². The summed E-state index contributed by atoms with van der Waals surface area (Å²) in [6, 6.07) is 15.1. The smallest absolute Gasteiger partial charge is 0.329 e. The molecule has 2 aromatic heterocycles. The van der Waals surface area contributed by atoms with Crippen LogP contribution in [0.3, 0.4) is 0 Å². The van der Waals surface area contributed by atoms with Gasteiger partial charge in [-0.25, -0.2) is 10.2 Å². The molecule has 3 N–H and O–H groups in total. The van der Waals surface area contributed by atoms with Crippen LogP contribution in [-0.4, -0.2) is 49.7 Å². The molecule has 38 heavy (non-hydrogen) atoms. The molecule has 4 rings (SSSR count). The SMILES string of the molecule is CCCOc1ccc(C=NNc2nc3c(c(=O)[nH]c(=O)n3C)n2CC(O)COc2ccc(CC)cc2)cc1. The van der Waals surface area contributed by atoms with Crippen LogP contribution in [-0.2, 0) is 20.0 Å². The van der Waals surface area contributed by atoms with Crippen LogP contribution in [0.15, 0.2) is 63.2 Å². The molecule has 0 aliphatic heterocycles. The molecule has 4 aromatic rings. The largest absolute Gasteiger partial charge is 0.494 e. The molecule has 0 saturated heterocycles. The third-order valence-electron chi connectivity index (χ3n) is 5.91. The van der Waals surface area contributed by atoms with Crippen LogP contribution in [0.1, 0.15) is 31.4 Å². The highest BCUT2D eigenvalue weighted by molar-refractivity contribution is 5.80. The Morgan fingerprint density at radius 1 is 1.08 bits per heavy atom. The topological polar surface area (TPSA) is 136 Å². The highest BCUT2D eigenvalue weighted by Gasteiger charge is 2.20. The molecule has 0 bridgehead atoms. The number of aromatic amines is 1. The van der Waals surface area contributed by atoms with E-state index in [1.165, 1.54) is 21.7 Å². The molecule has 1 unspecified atom stereocenters. The van der Waals surface area contributed by atoms with Crippen molar-refractivity contribution in [1.82, 2.24) is 19.1 Å². The average Bonchev–Trinajstić information content (AvgIpc) is 3.29. The van der Waals surface area contributed by atoms with Gasteiger partial charge in [0.05, 0.1) is 19.4 Å². The van der Waals surface area contributed by atoms with Crippen molar-refractivity contribution in [2.45, 2.75) is 39.3 Å². The van der Waals surface area contributed by atoms with E-state index in [0.717, 1.165) is 24.2 Å². The lowest BCUT2D eigenvalue weighted by Gasteiger charge is -2.15. The molecular weight excluding hydrogens is 488 g/mol. The monoisotopic (exact) mass is 520 g/mol. The Kier molecular flexibility index (Phi) is 8.59. The fourth-order valence-electron chi connectivity index (χ4n) is 3.81. The van der Waals surface area contributed by atoms with Crippen LogP contribution in [0.4, 0.5) is 5.95 Å². The van der Waals surface area contributed by atoms with Gasteiger partial charge in [0, 0.05) is 7.05 Å². The van der Waals surface area contributed by atoms with Gasteiger partial charge in [0.25, 0.3) is 5.56 Å². The second-order valence-electron chi connectivity index (χ2n) is 8.79. The Hall–Kier alpha value is -4.38. The summed E-state index contributed by atoms with van der Waals surface area (Å²) in [6.07, 6.45) is 2.46. The summed E-state index contributed by atoms with van der Waals surface area (Å²) in [7, 11) is 1.51. The third-order valence-corrected chi connectivity index (χ3v) is 5.91. The van der Waals surface area contributed by atoms with Gasteiger partial charge in [0.15, 0.2) is 11.2 Å². The van der Waals surface area contributed by atoms with Gasteiger partial charge in [-0.05, 0) is 60.4 Å². The number of hydrogen-bond donors (Lipinski definition) is 3. The number of fused-ring (bicyclic) bond motifs is 1. The number of hydrogen-bond acceptors (Lipinski definition) is 8. The quantitative estimate of drug-likeness (QED) is 0.193. The number of nitrogens with zero attached hydrogens (tertiary/aromatic N) is 4. The van der Waals surface area contributed by atoms with E-state index in [9.17, 15) is 14.7 Å². The Morgan fingerprint density at radius 3 is 2.45 bits per heavy atom. The van der Waals surface area contributed by atoms with Gasteiger partial charge in [-0.15, -0.1) is 0 Å². The van der Waals surface area contributed by atoms with Crippen LogP contribution in [0.25, 0.3) is 11.2 Å². The number of benzene rings is 2. The number of H-pyrrole nitrogens is 1. The number of aliphatic hydroxyl groups is 1. The van der Waals surface area contributed by atoms with Crippen molar-refractivity contribution in [2.75, 3.05) is 18.6 Å². The van der Waals surface area contributed by atoms with E-state index in [1.807, 2.05) is 55.5 Å². The van der Waals surface area contributed by atoms with Gasteiger partial charge >= 0.3 is 5.69 Å². The summed E-state index contributed by atoms with van der Waals surface area (Å²) in [5, 5.41) is 15.0. The molecule has 0 spiro atoms. The summed E-state index contributed by atoms with van der Waals surface area (Å²) < 4.78 is 14.0. The molecule has 200 valence electrons. The molecule has 11 heteroatoms. The summed E-state index contributed by atoms with van der Waals surface area (Å²) in [5.74, 6) is 1.60. The number of aliphatic hydroxyl groups excluding tert-OH is 1. The maximum Gasteiger partial charge on any atom is 0.329 e. The van der Waals surface area contributed by atoms with Crippen molar-refractivity contribution < 1.29 is 14.6 Å². The number of aromatic nitrogens is 4. The van der Waals surface area contributed by atoms with E-state index >= 15 is 0 Å².